The van der Waals surface area contributed by atoms with Gasteiger partial charge in [0, 0.05) is 11.1 Å². The normalized spacial score (nSPS) is 12.0. The van der Waals surface area contributed by atoms with Crippen LogP contribution < -0.4 is 14.8 Å². The number of methoxy groups -OCH3 is 1. The number of ether oxygens (including phenoxy) is 2. The Morgan fingerprint density at radius 1 is 1.17 bits per heavy atom. The molecule has 0 aliphatic rings. The first-order valence-electron chi connectivity index (χ1n) is 9.17. The van der Waals surface area contributed by atoms with E-state index in [0.717, 1.165) is 21.7 Å². The minimum atomic E-state index is -0.713. The third kappa shape index (κ3) is 4.24. The molecule has 30 heavy (non-hydrogen) atoms. The predicted octanol–water partition coefficient (Wildman–Crippen LogP) is 4.86. The average molecular weight is 443 g/mol. The fourth-order valence-electron chi connectivity index (χ4n) is 2.84. The van der Waals surface area contributed by atoms with E-state index in [1.165, 1.54) is 11.3 Å². The molecule has 0 fully saturated rings. The summed E-state index contributed by atoms with van der Waals surface area (Å²) in [6, 6.07) is 14.3. The Balaban J connectivity index is 1.55. The largest absolute Gasteiger partial charge is 0.497 e. The van der Waals surface area contributed by atoms with Crippen LogP contribution in [0.3, 0.4) is 0 Å². The minimum Gasteiger partial charge on any atom is -0.497 e. The van der Waals surface area contributed by atoms with Gasteiger partial charge >= 0.3 is 0 Å². The van der Waals surface area contributed by atoms with Crippen molar-refractivity contribution in [3.63, 3.8) is 0 Å². The van der Waals surface area contributed by atoms with Crippen LogP contribution in [0.15, 0.2) is 48.5 Å². The quantitative estimate of drug-likeness (QED) is 0.461. The van der Waals surface area contributed by atoms with Gasteiger partial charge in [-0.05, 0) is 56.3 Å². The Labute approximate surface area is 182 Å². The van der Waals surface area contributed by atoms with Crippen LogP contribution in [-0.4, -0.2) is 33.9 Å². The number of benzene rings is 2. The van der Waals surface area contributed by atoms with Crippen molar-refractivity contribution in [2.45, 2.75) is 20.0 Å². The van der Waals surface area contributed by atoms with Crippen molar-refractivity contribution in [2.75, 3.05) is 12.4 Å². The van der Waals surface area contributed by atoms with Crippen LogP contribution in [0, 0.1) is 6.92 Å². The lowest BCUT2D eigenvalue weighted by molar-refractivity contribution is -0.122. The Morgan fingerprint density at radius 3 is 2.63 bits per heavy atom. The number of fused-ring (bicyclic) bond motifs is 1. The molecule has 0 spiro atoms. The van der Waals surface area contributed by atoms with E-state index in [9.17, 15) is 4.79 Å². The molecule has 2 aromatic carbocycles. The van der Waals surface area contributed by atoms with Gasteiger partial charge in [-0.1, -0.05) is 22.9 Å². The number of halogens is 1. The van der Waals surface area contributed by atoms with Crippen LogP contribution in [0.25, 0.3) is 15.3 Å². The van der Waals surface area contributed by atoms with Crippen molar-refractivity contribution < 1.29 is 14.3 Å². The maximum absolute atomic E-state index is 12.7. The zero-order valence-corrected chi connectivity index (χ0v) is 18.1. The van der Waals surface area contributed by atoms with Gasteiger partial charge < -0.3 is 14.8 Å². The molecule has 0 aliphatic heterocycles. The highest BCUT2D eigenvalue weighted by molar-refractivity contribution is 7.20. The number of aromatic nitrogens is 3. The summed E-state index contributed by atoms with van der Waals surface area (Å²) >= 11 is 7.35. The van der Waals surface area contributed by atoms with Crippen LogP contribution in [-0.2, 0) is 4.79 Å². The highest BCUT2D eigenvalue weighted by Gasteiger charge is 2.19. The molecule has 0 radical (unpaired) electrons. The molecule has 4 aromatic rings. The molecule has 1 amide bonds. The molecule has 4 rings (SSSR count). The molecule has 7 nitrogen and oxygen atoms in total. The van der Waals surface area contributed by atoms with Crippen LogP contribution >= 0.6 is 22.9 Å². The molecular weight excluding hydrogens is 424 g/mol. The number of hydrogen-bond acceptors (Lipinski definition) is 6. The minimum absolute atomic E-state index is 0.297. The van der Waals surface area contributed by atoms with Crippen molar-refractivity contribution in [1.29, 1.82) is 0 Å². The van der Waals surface area contributed by atoms with E-state index >= 15 is 0 Å². The summed E-state index contributed by atoms with van der Waals surface area (Å²) in [6.45, 7) is 3.54. The van der Waals surface area contributed by atoms with Gasteiger partial charge in [0.1, 0.15) is 17.3 Å². The lowest BCUT2D eigenvalue weighted by Crippen LogP contribution is -2.30. The van der Waals surface area contributed by atoms with Crippen molar-refractivity contribution in [1.82, 2.24) is 14.8 Å². The first kappa shape index (κ1) is 20.2. The molecule has 0 aliphatic carbocycles. The van der Waals surface area contributed by atoms with Crippen molar-refractivity contribution in [3.8, 4) is 16.6 Å². The number of anilines is 1. The second-order valence-electron chi connectivity index (χ2n) is 6.62. The monoisotopic (exact) mass is 442 g/mol. The number of aryl methyl sites for hydroxylation is 1. The van der Waals surface area contributed by atoms with E-state index in [1.54, 1.807) is 49.0 Å². The van der Waals surface area contributed by atoms with E-state index in [1.807, 2.05) is 25.1 Å². The third-order valence-electron chi connectivity index (χ3n) is 4.34. The van der Waals surface area contributed by atoms with Gasteiger partial charge in [0.2, 0.25) is 5.13 Å². The van der Waals surface area contributed by atoms with Crippen LogP contribution in [0.2, 0.25) is 5.02 Å². The van der Waals surface area contributed by atoms with Crippen molar-refractivity contribution in [2.24, 2.45) is 0 Å². The SMILES string of the molecule is COc1ccc2nc(-n3nc(C)cc3NC(=O)C(C)Oc3ccc(Cl)cc3)sc2c1. The average Bonchev–Trinajstić information content (AvgIpc) is 3.31. The van der Waals surface area contributed by atoms with Crippen molar-refractivity contribution >= 4 is 44.9 Å². The van der Waals surface area contributed by atoms with Crippen molar-refractivity contribution in [3.05, 3.63) is 59.2 Å². The van der Waals surface area contributed by atoms with Crippen LogP contribution in [0.4, 0.5) is 5.82 Å². The molecular formula is C21H19ClN4O3S. The molecule has 0 saturated heterocycles. The molecule has 1 atom stereocenters. The molecule has 2 aromatic heterocycles. The smallest absolute Gasteiger partial charge is 0.266 e. The number of nitrogens with one attached hydrogen (secondary N) is 1. The number of carbonyl (C=O) groups is 1. The maximum Gasteiger partial charge on any atom is 0.266 e. The van der Waals surface area contributed by atoms with E-state index in [4.69, 9.17) is 21.1 Å². The zero-order chi connectivity index (χ0) is 21.3. The van der Waals surface area contributed by atoms with Gasteiger partial charge in [-0.15, -0.1) is 0 Å². The molecule has 154 valence electrons. The van der Waals surface area contributed by atoms with E-state index in [2.05, 4.69) is 15.4 Å². The van der Waals surface area contributed by atoms with Gasteiger partial charge in [0.25, 0.3) is 5.91 Å². The standard InChI is InChI=1S/C21H19ClN4O3S/c1-12-10-19(24-20(27)13(2)29-15-6-4-14(22)5-7-15)26(25-12)21-23-17-9-8-16(28-3)11-18(17)30-21/h4-11,13H,1-3H3,(H,24,27). The molecule has 2 heterocycles. The number of carbonyl (C=O) groups excluding carboxylic acids is 1. The summed E-state index contributed by atoms with van der Waals surface area (Å²) in [4.78, 5) is 17.3. The number of nitrogens with zero attached hydrogens (tertiary/aromatic N) is 3. The Kier molecular flexibility index (Phi) is 5.61. The number of hydrogen-bond donors (Lipinski definition) is 1. The topological polar surface area (TPSA) is 78.3 Å². The summed E-state index contributed by atoms with van der Waals surface area (Å²) < 4.78 is 13.6. The fourth-order valence-corrected chi connectivity index (χ4v) is 3.93. The Bertz CT molecular complexity index is 1200. The number of amides is 1. The highest BCUT2D eigenvalue weighted by Crippen LogP contribution is 2.30. The van der Waals surface area contributed by atoms with Gasteiger partial charge in [-0.2, -0.15) is 9.78 Å². The lowest BCUT2D eigenvalue weighted by atomic mass is 10.3. The zero-order valence-electron chi connectivity index (χ0n) is 16.5. The molecule has 9 heteroatoms. The summed E-state index contributed by atoms with van der Waals surface area (Å²) in [5.74, 6) is 1.55. The van der Waals surface area contributed by atoms with Crippen LogP contribution in [0.5, 0.6) is 11.5 Å². The second-order valence-corrected chi connectivity index (χ2v) is 8.06. The fraction of sp³-hybridized carbons (Fsp3) is 0.190. The first-order valence-corrected chi connectivity index (χ1v) is 10.4. The van der Waals surface area contributed by atoms with E-state index in [0.29, 0.717) is 21.7 Å². The van der Waals surface area contributed by atoms with Gasteiger partial charge in [0.05, 0.1) is 23.0 Å². The Morgan fingerprint density at radius 2 is 1.90 bits per heavy atom. The highest BCUT2D eigenvalue weighted by atomic mass is 35.5. The van der Waals surface area contributed by atoms with E-state index < -0.39 is 6.10 Å². The lowest BCUT2D eigenvalue weighted by Gasteiger charge is -2.15. The molecule has 0 bridgehead atoms. The predicted molar refractivity (Wildman–Crippen MR) is 118 cm³/mol. The summed E-state index contributed by atoms with van der Waals surface area (Å²) in [5.41, 5.74) is 1.59. The molecule has 1 unspecified atom stereocenters. The number of thiazole rings is 1. The van der Waals surface area contributed by atoms with Gasteiger partial charge in [-0.3, -0.25) is 4.79 Å². The van der Waals surface area contributed by atoms with Gasteiger partial charge in [0.15, 0.2) is 6.10 Å². The Hall–Kier alpha value is -3.10. The number of rotatable bonds is 6. The van der Waals surface area contributed by atoms with Crippen LogP contribution in [0.1, 0.15) is 12.6 Å². The second kappa shape index (κ2) is 8.33. The maximum atomic E-state index is 12.7. The van der Waals surface area contributed by atoms with E-state index in [-0.39, 0.29) is 5.91 Å². The first-order chi connectivity index (χ1) is 14.4. The molecule has 0 saturated carbocycles. The van der Waals surface area contributed by atoms with Gasteiger partial charge in [-0.25, -0.2) is 4.98 Å². The summed E-state index contributed by atoms with van der Waals surface area (Å²) in [5, 5.41) is 8.62. The molecule has 1 N–H and O–H groups in total. The summed E-state index contributed by atoms with van der Waals surface area (Å²) in [6.07, 6.45) is -0.713. The summed E-state index contributed by atoms with van der Waals surface area (Å²) in [7, 11) is 1.63. The third-order valence-corrected chi connectivity index (χ3v) is 5.59.